The summed E-state index contributed by atoms with van der Waals surface area (Å²) in [6, 6.07) is 1.33. The van der Waals surface area contributed by atoms with Crippen LogP contribution in [0.3, 0.4) is 0 Å². The number of fused-ring (bicyclic) bond motifs is 1. The van der Waals surface area contributed by atoms with E-state index < -0.39 is 17.9 Å². The number of aryl methyl sites for hydroxylation is 1. The van der Waals surface area contributed by atoms with Crippen molar-refractivity contribution in [2.45, 2.75) is 110 Å². The first-order chi connectivity index (χ1) is 15.3. The van der Waals surface area contributed by atoms with Crippen molar-refractivity contribution in [3.8, 4) is 0 Å². The van der Waals surface area contributed by atoms with Crippen LogP contribution in [0.1, 0.15) is 106 Å². The zero-order chi connectivity index (χ0) is 23.1. The molecule has 0 bridgehead atoms. The molecule has 178 valence electrons. The summed E-state index contributed by atoms with van der Waals surface area (Å²) in [6.45, 7) is 4.71. The molecule has 1 atom stereocenters. The van der Waals surface area contributed by atoms with Crippen LogP contribution in [0.5, 0.6) is 0 Å². The van der Waals surface area contributed by atoms with Gasteiger partial charge in [0.15, 0.2) is 0 Å². The van der Waals surface area contributed by atoms with Crippen LogP contribution in [-0.2, 0) is 24.2 Å². The second-order valence-electron chi connectivity index (χ2n) is 10.3. The summed E-state index contributed by atoms with van der Waals surface area (Å²) < 4.78 is 1.92. The maximum absolute atomic E-state index is 13.6. The van der Waals surface area contributed by atoms with Crippen molar-refractivity contribution in [1.82, 2.24) is 9.88 Å². The van der Waals surface area contributed by atoms with Crippen LogP contribution in [-0.4, -0.2) is 27.6 Å². The van der Waals surface area contributed by atoms with Crippen LogP contribution in [0.25, 0.3) is 0 Å². The summed E-state index contributed by atoms with van der Waals surface area (Å²) in [7, 11) is 0. The molecule has 0 saturated heterocycles. The molecular formula is C26H40N2O4. The molecule has 2 aliphatic rings. The number of rotatable bonds is 8. The smallest absolute Gasteiger partial charge is 0.305 e. The number of aromatic nitrogens is 1. The van der Waals surface area contributed by atoms with Crippen LogP contribution in [0, 0.1) is 11.8 Å². The average Bonchev–Trinajstić information content (AvgIpc) is 2.70. The van der Waals surface area contributed by atoms with E-state index in [0.717, 1.165) is 49.8 Å². The van der Waals surface area contributed by atoms with E-state index in [4.69, 9.17) is 0 Å². The third kappa shape index (κ3) is 6.69. The molecule has 0 aliphatic heterocycles. The number of aliphatic carboxylic acids is 1. The second kappa shape index (κ2) is 11.7. The van der Waals surface area contributed by atoms with Crippen LogP contribution in [0.2, 0.25) is 0 Å². The van der Waals surface area contributed by atoms with E-state index in [0.29, 0.717) is 18.9 Å². The van der Waals surface area contributed by atoms with Crippen LogP contribution in [0.4, 0.5) is 0 Å². The Bertz CT molecular complexity index is 852. The molecule has 1 amide bonds. The van der Waals surface area contributed by atoms with Gasteiger partial charge in [-0.1, -0.05) is 46.0 Å². The monoisotopic (exact) mass is 444 g/mol. The van der Waals surface area contributed by atoms with Gasteiger partial charge in [0.2, 0.25) is 0 Å². The highest BCUT2D eigenvalue weighted by molar-refractivity contribution is 5.94. The van der Waals surface area contributed by atoms with E-state index in [9.17, 15) is 19.5 Å². The maximum atomic E-state index is 13.6. The summed E-state index contributed by atoms with van der Waals surface area (Å²) >= 11 is 0. The lowest BCUT2D eigenvalue weighted by Crippen LogP contribution is -2.42. The van der Waals surface area contributed by atoms with Crippen molar-refractivity contribution in [1.29, 1.82) is 0 Å². The molecule has 1 heterocycles. The van der Waals surface area contributed by atoms with Gasteiger partial charge < -0.3 is 15.0 Å². The lowest BCUT2D eigenvalue weighted by Gasteiger charge is -2.27. The molecular weight excluding hydrogens is 404 g/mol. The minimum atomic E-state index is -0.941. The molecule has 1 unspecified atom stereocenters. The van der Waals surface area contributed by atoms with Crippen molar-refractivity contribution in [3.63, 3.8) is 0 Å². The van der Waals surface area contributed by atoms with Gasteiger partial charge in [-0.05, 0) is 68.4 Å². The summed E-state index contributed by atoms with van der Waals surface area (Å²) in [5, 5.41) is 12.1. The van der Waals surface area contributed by atoms with E-state index in [2.05, 4.69) is 5.32 Å². The highest BCUT2D eigenvalue weighted by Gasteiger charge is 2.25. The first-order valence-corrected chi connectivity index (χ1v) is 12.6. The molecule has 2 aliphatic carbocycles. The van der Waals surface area contributed by atoms with E-state index in [1.54, 1.807) is 0 Å². The Morgan fingerprint density at radius 1 is 1.06 bits per heavy atom. The lowest BCUT2D eigenvalue weighted by molar-refractivity contribution is -0.137. The van der Waals surface area contributed by atoms with Crippen molar-refractivity contribution in [2.24, 2.45) is 11.8 Å². The number of carbonyl (C=O) groups is 2. The predicted molar refractivity (Wildman–Crippen MR) is 126 cm³/mol. The summed E-state index contributed by atoms with van der Waals surface area (Å²) in [5.41, 5.74) is 2.23. The summed E-state index contributed by atoms with van der Waals surface area (Å²) in [4.78, 5) is 38.1. The molecule has 1 aromatic heterocycles. The van der Waals surface area contributed by atoms with Gasteiger partial charge in [-0.3, -0.25) is 14.4 Å². The quantitative estimate of drug-likeness (QED) is 0.608. The van der Waals surface area contributed by atoms with Crippen molar-refractivity contribution in [3.05, 3.63) is 33.2 Å². The highest BCUT2D eigenvalue weighted by atomic mass is 16.4. The number of pyridine rings is 1. The topological polar surface area (TPSA) is 88.4 Å². The zero-order valence-electron chi connectivity index (χ0n) is 19.8. The third-order valence-electron chi connectivity index (χ3n) is 7.02. The molecule has 32 heavy (non-hydrogen) atoms. The maximum Gasteiger partial charge on any atom is 0.305 e. The predicted octanol–water partition coefficient (Wildman–Crippen LogP) is 4.71. The van der Waals surface area contributed by atoms with Gasteiger partial charge in [-0.15, -0.1) is 0 Å². The van der Waals surface area contributed by atoms with E-state index in [1.165, 1.54) is 32.1 Å². The lowest BCUT2D eigenvalue weighted by atomic mass is 9.88. The average molecular weight is 445 g/mol. The third-order valence-corrected chi connectivity index (χ3v) is 7.02. The van der Waals surface area contributed by atoms with Gasteiger partial charge in [0.1, 0.15) is 5.56 Å². The standard InChI is InChI=1S/C26H40N2O4/c1-18(2)14-21(16-24(29)30)27-25(31)22-15-20-12-8-3-4-9-13-23(20)28(26(22)32)17-19-10-6-5-7-11-19/h15,18-19,21H,3-14,16-17H2,1-2H3,(H,27,31)(H,29,30). The normalized spacial score (nSPS) is 18.5. The SMILES string of the molecule is CC(C)CC(CC(=O)O)NC(=O)c1cc2c(n(CC3CCCCC3)c1=O)CCCCCC2. The van der Waals surface area contributed by atoms with Gasteiger partial charge in [0.25, 0.3) is 11.5 Å². The number of hydrogen-bond acceptors (Lipinski definition) is 3. The van der Waals surface area contributed by atoms with Crippen molar-refractivity contribution >= 4 is 11.9 Å². The van der Waals surface area contributed by atoms with Gasteiger partial charge >= 0.3 is 5.97 Å². The molecule has 1 saturated carbocycles. The van der Waals surface area contributed by atoms with Crippen molar-refractivity contribution in [2.75, 3.05) is 0 Å². The molecule has 6 nitrogen and oxygen atoms in total. The van der Waals surface area contributed by atoms with Crippen LogP contribution in [0.15, 0.2) is 10.9 Å². The van der Waals surface area contributed by atoms with Gasteiger partial charge in [-0.2, -0.15) is 0 Å². The number of carboxylic acids is 1. The molecule has 1 aromatic rings. The van der Waals surface area contributed by atoms with Gasteiger partial charge in [0, 0.05) is 18.3 Å². The molecule has 0 aromatic carbocycles. The molecule has 0 radical (unpaired) electrons. The Hall–Kier alpha value is -2.11. The molecule has 2 N–H and O–H groups in total. The minimum absolute atomic E-state index is 0.134. The number of nitrogens with one attached hydrogen (secondary N) is 1. The van der Waals surface area contributed by atoms with Crippen molar-refractivity contribution < 1.29 is 14.7 Å². The Kier molecular flexibility index (Phi) is 8.94. The summed E-state index contributed by atoms with van der Waals surface area (Å²) in [5.74, 6) is -0.624. The minimum Gasteiger partial charge on any atom is -0.481 e. The molecule has 3 rings (SSSR count). The molecule has 1 fully saturated rings. The number of hydrogen-bond donors (Lipinski definition) is 2. The Balaban J connectivity index is 1.94. The van der Waals surface area contributed by atoms with Gasteiger partial charge in [0.05, 0.1) is 6.42 Å². The van der Waals surface area contributed by atoms with E-state index >= 15 is 0 Å². The zero-order valence-corrected chi connectivity index (χ0v) is 19.8. The first-order valence-electron chi connectivity index (χ1n) is 12.6. The van der Waals surface area contributed by atoms with E-state index in [-0.39, 0.29) is 23.5 Å². The largest absolute Gasteiger partial charge is 0.481 e. The Labute approximate surface area is 191 Å². The second-order valence-corrected chi connectivity index (χ2v) is 10.3. The fraction of sp³-hybridized carbons (Fsp3) is 0.731. The van der Waals surface area contributed by atoms with E-state index in [1.807, 2.05) is 24.5 Å². The summed E-state index contributed by atoms with van der Waals surface area (Å²) in [6.07, 6.45) is 12.7. The highest BCUT2D eigenvalue weighted by Crippen LogP contribution is 2.27. The number of amides is 1. The number of nitrogens with zero attached hydrogens (tertiary/aromatic N) is 1. The Morgan fingerprint density at radius 2 is 1.72 bits per heavy atom. The molecule has 0 spiro atoms. The number of carbonyl (C=O) groups excluding carboxylic acids is 1. The fourth-order valence-electron chi connectivity index (χ4n) is 5.45. The van der Waals surface area contributed by atoms with Gasteiger partial charge in [-0.25, -0.2) is 0 Å². The molecule has 6 heteroatoms. The van der Waals surface area contributed by atoms with Crippen LogP contribution >= 0.6 is 0 Å². The first kappa shape index (κ1) is 24.5. The fourth-order valence-corrected chi connectivity index (χ4v) is 5.45. The Morgan fingerprint density at radius 3 is 2.38 bits per heavy atom. The number of carboxylic acid groups (broad SMARTS) is 1. The van der Waals surface area contributed by atoms with Crippen LogP contribution < -0.4 is 10.9 Å².